The molecule has 1 rings (SSSR count). The van der Waals surface area contributed by atoms with Crippen molar-refractivity contribution in [1.29, 1.82) is 0 Å². The number of allylic oxidation sites excluding steroid dienone is 1. The Labute approximate surface area is 123 Å². The molecule has 0 aromatic carbocycles. The van der Waals surface area contributed by atoms with Gasteiger partial charge in [-0.2, -0.15) is 0 Å². The van der Waals surface area contributed by atoms with Crippen LogP contribution in [0.15, 0.2) is 11.0 Å². The van der Waals surface area contributed by atoms with Crippen molar-refractivity contribution in [3.8, 4) is 0 Å². The molecule has 0 bridgehead atoms. The second-order valence-electron chi connectivity index (χ2n) is 4.39. The molecule has 0 radical (unpaired) electrons. The normalized spacial score (nSPS) is 17.5. The molecule has 1 fully saturated rings. The van der Waals surface area contributed by atoms with Crippen molar-refractivity contribution in [2.45, 2.75) is 45.4 Å². The standard InChI is InChI=1S/C13H19NO3S2/c1-2-3-4-5-7-10-12(17)14(13(18)19-10)9-6-8-11(15)16/h7H,2-6,8-9H2,1H3,(H,15,16)/b10-7-. The molecule has 1 amide bonds. The summed E-state index contributed by atoms with van der Waals surface area (Å²) in [6, 6.07) is 0. The van der Waals surface area contributed by atoms with Crippen LogP contribution in [0.5, 0.6) is 0 Å². The monoisotopic (exact) mass is 301 g/mol. The molecule has 1 aliphatic heterocycles. The van der Waals surface area contributed by atoms with Gasteiger partial charge < -0.3 is 5.11 Å². The van der Waals surface area contributed by atoms with Crippen molar-refractivity contribution >= 4 is 40.2 Å². The lowest BCUT2D eigenvalue weighted by Gasteiger charge is -2.13. The number of hydrogen-bond donors (Lipinski definition) is 1. The van der Waals surface area contributed by atoms with Gasteiger partial charge in [-0.3, -0.25) is 14.5 Å². The SMILES string of the molecule is CCCCC/C=C1\SC(=S)N(CCCC(=O)O)C1=O. The molecule has 0 aromatic heterocycles. The summed E-state index contributed by atoms with van der Waals surface area (Å²) in [5.41, 5.74) is 0. The Bertz CT molecular complexity index is 393. The quantitative estimate of drug-likeness (QED) is 0.424. The van der Waals surface area contributed by atoms with Gasteiger partial charge in [0.25, 0.3) is 5.91 Å². The fourth-order valence-corrected chi connectivity index (χ4v) is 3.06. The number of rotatable bonds is 8. The zero-order valence-corrected chi connectivity index (χ0v) is 12.7. The smallest absolute Gasteiger partial charge is 0.303 e. The summed E-state index contributed by atoms with van der Waals surface area (Å²) in [4.78, 5) is 24.7. The first-order valence-corrected chi connectivity index (χ1v) is 7.74. The van der Waals surface area contributed by atoms with Crippen molar-refractivity contribution in [3.05, 3.63) is 11.0 Å². The van der Waals surface area contributed by atoms with Gasteiger partial charge in [0.05, 0.1) is 4.91 Å². The zero-order chi connectivity index (χ0) is 14.3. The van der Waals surface area contributed by atoms with Crippen molar-refractivity contribution in [3.63, 3.8) is 0 Å². The van der Waals surface area contributed by atoms with Crippen LogP contribution >= 0.6 is 24.0 Å². The highest BCUT2D eigenvalue weighted by atomic mass is 32.2. The van der Waals surface area contributed by atoms with Crippen LogP contribution in [0.25, 0.3) is 0 Å². The highest BCUT2D eigenvalue weighted by Gasteiger charge is 2.31. The molecule has 6 heteroatoms. The number of thioether (sulfide) groups is 1. The second kappa shape index (κ2) is 8.32. The number of hydrogen-bond acceptors (Lipinski definition) is 4. The summed E-state index contributed by atoms with van der Waals surface area (Å²) in [5, 5.41) is 8.58. The summed E-state index contributed by atoms with van der Waals surface area (Å²) in [7, 11) is 0. The van der Waals surface area contributed by atoms with Gasteiger partial charge in [0, 0.05) is 13.0 Å². The van der Waals surface area contributed by atoms with Gasteiger partial charge in [0.15, 0.2) is 0 Å². The van der Waals surface area contributed by atoms with Crippen LogP contribution in [0.1, 0.15) is 45.4 Å². The number of carbonyl (C=O) groups is 2. The fourth-order valence-electron chi connectivity index (χ4n) is 1.75. The maximum atomic E-state index is 12.1. The zero-order valence-electron chi connectivity index (χ0n) is 11.1. The first-order valence-electron chi connectivity index (χ1n) is 6.52. The Morgan fingerprint density at radius 1 is 1.42 bits per heavy atom. The van der Waals surface area contributed by atoms with Crippen molar-refractivity contribution < 1.29 is 14.7 Å². The number of carbonyl (C=O) groups excluding carboxylic acids is 1. The summed E-state index contributed by atoms with van der Waals surface area (Å²) in [5.74, 6) is -0.919. The number of aliphatic carboxylic acids is 1. The number of amides is 1. The van der Waals surface area contributed by atoms with Crippen molar-refractivity contribution in [2.24, 2.45) is 0 Å². The Morgan fingerprint density at radius 2 is 2.16 bits per heavy atom. The maximum absolute atomic E-state index is 12.1. The Balaban J connectivity index is 2.46. The predicted octanol–water partition coefficient (Wildman–Crippen LogP) is 3.18. The molecule has 0 unspecified atom stereocenters. The topological polar surface area (TPSA) is 57.6 Å². The van der Waals surface area contributed by atoms with Crippen LogP contribution in [0, 0.1) is 0 Å². The first-order chi connectivity index (χ1) is 9.06. The van der Waals surface area contributed by atoms with E-state index in [4.69, 9.17) is 17.3 Å². The molecule has 0 atom stereocenters. The number of unbranched alkanes of at least 4 members (excludes halogenated alkanes) is 3. The Kier molecular flexibility index (Phi) is 7.09. The van der Waals surface area contributed by atoms with Gasteiger partial charge >= 0.3 is 5.97 Å². The van der Waals surface area contributed by atoms with Crippen LogP contribution in [0.2, 0.25) is 0 Å². The third-order valence-electron chi connectivity index (χ3n) is 2.78. The van der Waals surface area contributed by atoms with Gasteiger partial charge in [0.1, 0.15) is 4.32 Å². The minimum Gasteiger partial charge on any atom is -0.481 e. The van der Waals surface area contributed by atoms with Crippen LogP contribution < -0.4 is 0 Å². The van der Waals surface area contributed by atoms with E-state index < -0.39 is 5.97 Å². The van der Waals surface area contributed by atoms with Crippen molar-refractivity contribution in [2.75, 3.05) is 6.54 Å². The predicted molar refractivity (Wildman–Crippen MR) is 81.0 cm³/mol. The summed E-state index contributed by atoms with van der Waals surface area (Å²) in [6.45, 7) is 2.53. The van der Waals surface area contributed by atoms with Crippen molar-refractivity contribution in [1.82, 2.24) is 4.90 Å². The number of carboxylic acid groups (broad SMARTS) is 1. The van der Waals surface area contributed by atoms with E-state index in [0.29, 0.717) is 22.2 Å². The molecular weight excluding hydrogens is 282 g/mol. The van der Waals surface area contributed by atoms with E-state index in [9.17, 15) is 9.59 Å². The Hall–Kier alpha value is -0.880. The van der Waals surface area contributed by atoms with E-state index in [1.165, 1.54) is 16.7 Å². The molecule has 4 nitrogen and oxygen atoms in total. The lowest BCUT2D eigenvalue weighted by molar-refractivity contribution is -0.137. The van der Waals surface area contributed by atoms with Crippen LogP contribution in [-0.2, 0) is 9.59 Å². The van der Waals surface area contributed by atoms with E-state index in [0.717, 1.165) is 25.7 Å². The van der Waals surface area contributed by atoms with E-state index in [2.05, 4.69) is 6.92 Å². The molecule has 0 aliphatic carbocycles. The van der Waals surface area contributed by atoms with Crippen LogP contribution in [-0.4, -0.2) is 32.7 Å². The number of nitrogens with zero attached hydrogens (tertiary/aromatic N) is 1. The summed E-state index contributed by atoms with van der Waals surface area (Å²) in [6.07, 6.45) is 6.75. The third kappa shape index (κ3) is 5.32. The first kappa shape index (κ1) is 16.2. The van der Waals surface area contributed by atoms with Gasteiger partial charge in [-0.25, -0.2) is 0 Å². The lowest BCUT2D eigenvalue weighted by Crippen LogP contribution is -2.29. The molecule has 0 saturated carbocycles. The minimum absolute atomic E-state index is 0.0621. The maximum Gasteiger partial charge on any atom is 0.303 e. The van der Waals surface area contributed by atoms with Crippen LogP contribution in [0.3, 0.4) is 0 Å². The third-order valence-corrected chi connectivity index (χ3v) is 4.21. The minimum atomic E-state index is -0.847. The molecular formula is C13H19NO3S2. The number of carboxylic acids is 1. The van der Waals surface area contributed by atoms with Gasteiger partial charge in [-0.15, -0.1) is 0 Å². The highest BCUT2D eigenvalue weighted by molar-refractivity contribution is 8.26. The molecule has 0 aromatic rings. The molecule has 1 heterocycles. The molecule has 19 heavy (non-hydrogen) atoms. The summed E-state index contributed by atoms with van der Waals surface area (Å²) < 4.78 is 0.539. The van der Waals surface area contributed by atoms with E-state index >= 15 is 0 Å². The van der Waals surface area contributed by atoms with Gasteiger partial charge in [0.2, 0.25) is 0 Å². The molecule has 1 N–H and O–H groups in total. The van der Waals surface area contributed by atoms with Gasteiger partial charge in [-0.05, 0) is 19.3 Å². The average molecular weight is 301 g/mol. The molecule has 106 valence electrons. The fraction of sp³-hybridized carbons (Fsp3) is 0.615. The van der Waals surface area contributed by atoms with Crippen LogP contribution in [0.4, 0.5) is 0 Å². The largest absolute Gasteiger partial charge is 0.481 e. The van der Waals surface area contributed by atoms with E-state index in [1.807, 2.05) is 6.08 Å². The molecule has 1 aliphatic rings. The highest BCUT2D eigenvalue weighted by Crippen LogP contribution is 2.31. The summed E-state index contributed by atoms with van der Waals surface area (Å²) >= 11 is 6.48. The molecule has 1 saturated heterocycles. The molecule has 0 spiro atoms. The van der Waals surface area contributed by atoms with E-state index in [-0.39, 0.29) is 12.3 Å². The van der Waals surface area contributed by atoms with E-state index in [1.54, 1.807) is 0 Å². The lowest BCUT2D eigenvalue weighted by atomic mass is 10.2. The van der Waals surface area contributed by atoms with Gasteiger partial charge in [-0.1, -0.05) is 49.8 Å². The Morgan fingerprint density at radius 3 is 2.79 bits per heavy atom. The number of thiocarbonyl (C=S) groups is 1. The average Bonchev–Trinajstić information content (AvgIpc) is 2.62. The second-order valence-corrected chi connectivity index (χ2v) is 6.06.